The molecule has 5 heteroatoms. The molecule has 0 spiro atoms. The highest BCUT2D eigenvalue weighted by atomic mass is 16.2. The number of amides is 1. The Labute approximate surface area is 176 Å². The predicted molar refractivity (Wildman–Crippen MR) is 120 cm³/mol. The summed E-state index contributed by atoms with van der Waals surface area (Å²) in [4.78, 5) is 19.2. The largest absolute Gasteiger partial charge is 0.357 e. The molecule has 2 fully saturated rings. The maximum absolute atomic E-state index is 12.4. The summed E-state index contributed by atoms with van der Waals surface area (Å²) in [6, 6.07) is 10.4. The zero-order valence-electron chi connectivity index (χ0n) is 18.2. The number of hydrogen-bond donors (Lipinski definition) is 2. The first-order chi connectivity index (χ1) is 14.1. The molecule has 0 radical (unpaired) electrons. The van der Waals surface area contributed by atoms with Crippen molar-refractivity contribution in [2.24, 2.45) is 22.7 Å². The Balaban J connectivity index is 1.44. The third kappa shape index (κ3) is 7.06. The van der Waals surface area contributed by atoms with Gasteiger partial charge in [0.15, 0.2) is 5.96 Å². The number of nitrogens with zero attached hydrogens (tertiary/aromatic N) is 2. The van der Waals surface area contributed by atoms with Crippen LogP contribution in [0.25, 0.3) is 0 Å². The van der Waals surface area contributed by atoms with Crippen LogP contribution in [-0.4, -0.2) is 49.5 Å². The van der Waals surface area contributed by atoms with Gasteiger partial charge < -0.3 is 15.5 Å². The van der Waals surface area contributed by atoms with Gasteiger partial charge in [-0.15, -0.1) is 0 Å². The summed E-state index contributed by atoms with van der Waals surface area (Å²) in [6.45, 7) is 8.68. The molecule has 3 rings (SSSR count). The van der Waals surface area contributed by atoms with Crippen LogP contribution in [0.15, 0.2) is 35.3 Å². The Hall–Kier alpha value is -2.04. The van der Waals surface area contributed by atoms with Crippen molar-refractivity contribution in [2.45, 2.75) is 52.4 Å². The van der Waals surface area contributed by atoms with Crippen molar-refractivity contribution in [1.29, 1.82) is 0 Å². The quantitative estimate of drug-likeness (QED) is 0.521. The molecule has 1 aliphatic carbocycles. The van der Waals surface area contributed by atoms with Crippen LogP contribution in [0.2, 0.25) is 0 Å². The lowest BCUT2D eigenvalue weighted by Gasteiger charge is -2.27. The summed E-state index contributed by atoms with van der Waals surface area (Å²) in [5.41, 5.74) is 1.29. The second-order valence-corrected chi connectivity index (χ2v) is 8.88. The molecule has 1 heterocycles. The number of nitrogens with one attached hydrogen (secondary N) is 2. The van der Waals surface area contributed by atoms with Gasteiger partial charge in [-0.1, -0.05) is 50.1 Å². The van der Waals surface area contributed by atoms with Gasteiger partial charge >= 0.3 is 0 Å². The molecule has 5 nitrogen and oxygen atoms in total. The molecule has 0 aromatic heterocycles. The molecule has 1 aromatic rings. The number of aliphatic imine (C=N–C) groups is 1. The number of carbonyl (C=O) groups is 1. The van der Waals surface area contributed by atoms with Gasteiger partial charge in [-0.05, 0) is 43.6 Å². The second kappa shape index (κ2) is 11.2. The van der Waals surface area contributed by atoms with Gasteiger partial charge in [-0.3, -0.25) is 9.79 Å². The zero-order valence-corrected chi connectivity index (χ0v) is 18.2. The Morgan fingerprint density at radius 3 is 2.76 bits per heavy atom. The minimum atomic E-state index is 0.273. The third-order valence-electron chi connectivity index (χ3n) is 6.26. The molecule has 2 aliphatic rings. The standard InChI is InChI=1S/C24H38N4O/c1-3-25-24(26-16-21-11-7-8-19(2)14-21)27-17-22-15-23(29)28(18-22)13-12-20-9-5-4-6-10-20/h4-6,9-10,19,21-22H,3,7-8,11-18H2,1-2H3,(H2,25,26,27). The molecule has 0 bridgehead atoms. The van der Waals surface area contributed by atoms with Crippen molar-refractivity contribution >= 4 is 11.9 Å². The van der Waals surface area contributed by atoms with E-state index < -0.39 is 0 Å². The second-order valence-electron chi connectivity index (χ2n) is 8.88. The van der Waals surface area contributed by atoms with E-state index in [2.05, 4.69) is 48.7 Å². The highest BCUT2D eigenvalue weighted by Gasteiger charge is 2.29. The fourth-order valence-electron chi connectivity index (χ4n) is 4.65. The van der Waals surface area contributed by atoms with Crippen LogP contribution in [-0.2, 0) is 11.2 Å². The molecule has 3 atom stereocenters. The molecule has 1 saturated carbocycles. The van der Waals surface area contributed by atoms with Crippen LogP contribution in [0.1, 0.15) is 51.5 Å². The Bertz CT molecular complexity index is 660. The summed E-state index contributed by atoms with van der Waals surface area (Å²) in [5, 5.41) is 6.91. The van der Waals surface area contributed by atoms with Crippen molar-refractivity contribution in [3.8, 4) is 0 Å². The summed E-state index contributed by atoms with van der Waals surface area (Å²) in [7, 11) is 0. The number of benzene rings is 1. The Morgan fingerprint density at radius 2 is 2.00 bits per heavy atom. The number of guanidine groups is 1. The van der Waals surface area contributed by atoms with Crippen molar-refractivity contribution in [2.75, 3.05) is 32.7 Å². The normalized spacial score (nSPS) is 25.3. The van der Waals surface area contributed by atoms with Gasteiger partial charge in [-0.25, -0.2) is 0 Å². The molecule has 2 N–H and O–H groups in total. The van der Waals surface area contributed by atoms with E-state index >= 15 is 0 Å². The molecule has 1 amide bonds. The molecule has 160 valence electrons. The lowest BCUT2D eigenvalue weighted by molar-refractivity contribution is -0.127. The number of carbonyl (C=O) groups excluding carboxylic acids is 1. The van der Waals surface area contributed by atoms with Gasteiger partial charge in [0.2, 0.25) is 5.91 Å². The fourth-order valence-corrected chi connectivity index (χ4v) is 4.65. The highest BCUT2D eigenvalue weighted by Crippen LogP contribution is 2.27. The van der Waals surface area contributed by atoms with E-state index in [0.29, 0.717) is 18.9 Å². The van der Waals surface area contributed by atoms with E-state index in [1.54, 1.807) is 0 Å². The average molecular weight is 399 g/mol. The number of hydrogen-bond acceptors (Lipinski definition) is 2. The highest BCUT2D eigenvalue weighted by molar-refractivity contribution is 5.80. The summed E-state index contributed by atoms with van der Waals surface area (Å²) < 4.78 is 0. The molecule has 1 saturated heterocycles. The summed E-state index contributed by atoms with van der Waals surface area (Å²) in [6.07, 6.45) is 6.92. The van der Waals surface area contributed by atoms with Crippen molar-refractivity contribution in [3.05, 3.63) is 35.9 Å². The smallest absolute Gasteiger partial charge is 0.223 e. The van der Waals surface area contributed by atoms with Crippen LogP contribution in [0.5, 0.6) is 0 Å². The number of rotatable bonds is 8. The van der Waals surface area contributed by atoms with Crippen LogP contribution in [0.3, 0.4) is 0 Å². The molecule has 1 aliphatic heterocycles. The van der Waals surface area contributed by atoms with Gasteiger partial charge in [0.1, 0.15) is 0 Å². The Kier molecular flexibility index (Phi) is 8.38. The first-order valence-corrected chi connectivity index (χ1v) is 11.5. The van der Waals surface area contributed by atoms with E-state index in [4.69, 9.17) is 4.99 Å². The molecule has 1 aromatic carbocycles. The monoisotopic (exact) mass is 398 g/mol. The lowest BCUT2D eigenvalue weighted by Crippen LogP contribution is -2.41. The van der Waals surface area contributed by atoms with E-state index in [-0.39, 0.29) is 5.91 Å². The van der Waals surface area contributed by atoms with Crippen LogP contribution in [0, 0.1) is 17.8 Å². The molecule has 29 heavy (non-hydrogen) atoms. The first-order valence-electron chi connectivity index (χ1n) is 11.5. The molecule has 3 unspecified atom stereocenters. The van der Waals surface area contributed by atoms with E-state index in [0.717, 1.165) is 50.4 Å². The number of likely N-dealkylation sites (tertiary alicyclic amines) is 1. The van der Waals surface area contributed by atoms with Crippen LogP contribution in [0.4, 0.5) is 0 Å². The third-order valence-corrected chi connectivity index (χ3v) is 6.26. The minimum absolute atomic E-state index is 0.273. The van der Waals surface area contributed by atoms with Crippen LogP contribution >= 0.6 is 0 Å². The fraction of sp³-hybridized carbons (Fsp3) is 0.667. The SMILES string of the molecule is CCNC(=NCC1CC(=O)N(CCc2ccccc2)C1)NCC1CCCC(C)C1. The van der Waals surface area contributed by atoms with Gasteiger partial charge in [0, 0.05) is 45.1 Å². The lowest BCUT2D eigenvalue weighted by atomic mass is 9.82. The zero-order chi connectivity index (χ0) is 20.5. The van der Waals surface area contributed by atoms with Crippen molar-refractivity contribution < 1.29 is 4.79 Å². The Morgan fingerprint density at radius 1 is 1.17 bits per heavy atom. The van der Waals surface area contributed by atoms with Crippen molar-refractivity contribution in [1.82, 2.24) is 15.5 Å². The van der Waals surface area contributed by atoms with E-state index in [1.807, 2.05) is 11.0 Å². The van der Waals surface area contributed by atoms with E-state index in [9.17, 15) is 4.79 Å². The molecular weight excluding hydrogens is 360 g/mol. The summed E-state index contributed by atoms with van der Waals surface area (Å²) in [5.74, 6) is 3.10. The molecular formula is C24H38N4O. The van der Waals surface area contributed by atoms with E-state index in [1.165, 1.54) is 31.2 Å². The average Bonchev–Trinajstić information content (AvgIpc) is 3.09. The minimum Gasteiger partial charge on any atom is -0.357 e. The van der Waals surface area contributed by atoms with Gasteiger partial charge in [-0.2, -0.15) is 0 Å². The van der Waals surface area contributed by atoms with Crippen molar-refractivity contribution in [3.63, 3.8) is 0 Å². The summed E-state index contributed by atoms with van der Waals surface area (Å²) >= 11 is 0. The maximum Gasteiger partial charge on any atom is 0.223 e. The predicted octanol–water partition coefficient (Wildman–Crippen LogP) is 3.46. The van der Waals surface area contributed by atoms with Gasteiger partial charge in [0.25, 0.3) is 0 Å². The van der Waals surface area contributed by atoms with Crippen LogP contribution < -0.4 is 10.6 Å². The maximum atomic E-state index is 12.4. The topological polar surface area (TPSA) is 56.7 Å². The van der Waals surface area contributed by atoms with Gasteiger partial charge in [0.05, 0.1) is 0 Å². The first kappa shape index (κ1) is 21.7.